The van der Waals surface area contributed by atoms with E-state index in [1.165, 1.54) is 0 Å². The van der Waals surface area contributed by atoms with Crippen LogP contribution < -0.4 is 22.9 Å². The maximum Gasteiger partial charge on any atom is 0.128 e. The van der Waals surface area contributed by atoms with E-state index in [-0.39, 0.29) is 0 Å². The Kier molecular flexibility index (Phi) is 16.8. The van der Waals surface area contributed by atoms with Crippen molar-refractivity contribution >= 4 is 32.3 Å². The van der Waals surface area contributed by atoms with E-state index < -0.39 is 18.7 Å². The standard InChI is InChI=1S/C44H38N4O3.4C2H6/c45-23-24-1-3-25(4-2-24)36-21-37(26-5-11-29(12-6-26)42(46)49)33-19-20-35-39(28-9-15-31(16-10-28)44(48)51)22-38(27-7-13-30(14-8-27)43(47)50)34-18-17-32(36)40(33)41(34)35;4*1-2/h1-22,42-44,49-51H,23,45-48H2;4*1-2H3. The molecule has 0 fully saturated rings. The first kappa shape index (κ1) is 46.2. The molecular weight excluding hydrogens is 729 g/mol. The summed E-state index contributed by atoms with van der Waals surface area (Å²) in [4.78, 5) is 0. The summed E-state index contributed by atoms with van der Waals surface area (Å²) < 4.78 is 0. The summed E-state index contributed by atoms with van der Waals surface area (Å²) in [6.45, 7) is 16.5. The summed E-state index contributed by atoms with van der Waals surface area (Å²) in [6, 6.07) is 44.9. The zero-order valence-corrected chi connectivity index (χ0v) is 35.8. The lowest BCUT2D eigenvalue weighted by atomic mass is 9.81. The fraction of sp³-hybridized carbons (Fsp3) is 0.231. The lowest BCUT2D eigenvalue weighted by Crippen LogP contribution is -2.08. The maximum absolute atomic E-state index is 10.0. The third-order valence-electron chi connectivity index (χ3n) is 10.1. The van der Waals surface area contributed by atoms with Crippen LogP contribution in [0.2, 0.25) is 0 Å². The average molecular weight is 791 g/mol. The van der Waals surface area contributed by atoms with Gasteiger partial charge in [-0.2, -0.15) is 0 Å². The summed E-state index contributed by atoms with van der Waals surface area (Å²) in [5.74, 6) is 0. The van der Waals surface area contributed by atoms with Crippen LogP contribution in [-0.2, 0) is 6.54 Å². The number of nitrogens with two attached hydrogens (primary N) is 4. The van der Waals surface area contributed by atoms with Gasteiger partial charge in [0.15, 0.2) is 0 Å². The number of hydrogen-bond acceptors (Lipinski definition) is 7. The Morgan fingerprint density at radius 3 is 0.780 bits per heavy atom. The Morgan fingerprint density at radius 2 is 0.576 bits per heavy atom. The molecule has 7 nitrogen and oxygen atoms in total. The fourth-order valence-corrected chi connectivity index (χ4v) is 7.35. The molecule has 0 heterocycles. The molecule has 0 aliphatic heterocycles. The van der Waals surface area contributed by atoms with Crippen LogP contribution in [0.25, 0.3) is 76.8 Å². The molecule has 59 heavy (non-hydrogen) atoms. The monoisotopic (exact) mass is 790 g/mol. The van der Waals surface area contributed by atoms with E-state index in [1.807, 2.05) is 128 Å². The van der Waals surface area contributed by atoms with E-state index in [0.717, 1.165) is 82.4 Å². The molecule has 0 spiro atoms. The molecule has 0 radical (unpaired) electrons. The molecule has 0 bridgehead atoms. The van der Waals surface area contributed by atoms with E-state index in [1.54, 1.807) is 0 Å². The largest absolute Gasteiger partial charge is 0.375 e. The normalized spacial score (nSPS) is 12.2. The second kappa shape index (κ2) is 21.5. The van der Waals surface area contributed by atoms with Crippen molar-refractivity contribution in [2.75, 3.05) is 0 Å². The number of hydrogen-bond donors (Lipinski definition) is 7. The predicted molar refractivity (Wildman–Crippen MR) is 253 cm³/mol. The van der Waals surface area contributed by atoms with Gasteiger partial charge < -0.3 is 38.3 Å². The summed E-state index contributed by atoms with van der Waals surface area (Å²) in [6.07, 6.45) is -3.19. The Labute approximate surface area is 350 Å². The third kappa shape index (κ3) is 9.54. The van der Waals surface area contributed by atoms with Crippen molar-refractivity contribution in [3.8, 4) is 44.5 Å². The molecule has 308 valence electrons. The van der Waals surface area contributed by atoms with E-state index >= 15 is 0 Å². The summed E-state index contributed by atoms with van der Waals surface area (Å²) >= 11 is 0. The molecule has 0 aromatic heterocycles. The molecule has 0 saturated carbocycles. The highest BCUT2D eigenvalue weighted by molar-refractivity contribution is 6.31. The van der Waals surface area contributed by atoms with Crippen LogP contribution in [0, 0.1) is 0 Å². The van der Waals surface area contributed by atoms with Crippen molar-refractivity contribution < 1.29 is 15.3 Å². The van der Waals surface area contributed by atoms with Crippen molar-refractivity contribution in [1.82, 2.24) is 0 Å². The van der Waals surface area contributed by atoms with Gasteiger partial charge in [-0.05, 0) is 111 Å². The highest BCUT2D eigenvalue weighted by Gasteiger charge is 2.21. The first-order valence-electron chi connectivity index (χ1n) is 20.9. The average Bonchev–Trinajstić information content (AvgIpc) is 3.30. The van der Waals surface area contributed by atoms with Gasteiger partial charge in [0, 0.05) is 6.54 Å². The van der Waals surface area contributed by atoms with Gasteiger partial charge in [0.2, 0.25) is 0 Å². The van der Waals surface area contributed by atoms with Gasteiger partial charge >= 0.3 is 0 Å². The predicted octanol–water partition coefficient (Wildman–Crippen LogP) is 11.7. The highest BCUT2D eigenvalue weighted by atomic mass is 16.3. The Balaban J connectivity index is 0.000000908. The molecule has 3 unspecified atom stereocenters. The van der Waals surface area contributed by atoms with Crippen LogP contribution in [0.1, 0.15) is 96.3 Å². The van der Waals surface area contributed by atoms with Gasteiger partial charge in [-0.25, -0.2) is 0 Å². The van der Waals surface area contributed by atoms with Gasteiger partial charge in [-0.1, -0.05) is 177 Å². The molecule has 0 aliphatic rings. The van der Waals surface area contributed by atoms with E-state index in [2.05, 4.69) is 60.7 Å². The first-order valence-corrected chi connectivity index (χ1v) is 20.9. The van der Waals surface area contributed by atoms with Crippen molar-refractivity contribution in [1.29, 1.82) is 0 Å². The minimum atomic E-state index is -1.06. The second-order valence-electron chi connectivity index (χ2n) is 13.1. The lowest BCUT2D eigenvalue weighted by Gasteiger charge is -2.22. The van der Waals surface area contributed by atoms with E-state index in [0.29, 0.717) is 23.2 Å². The number of benzene rings is 8. The van der Waals surface area contributed by atoms with Crippen molar-refractivity contribution in [2.24, 2.45) is 22.9 Å². The van der Waals surface area contributed by atoms with E-state index in [4.69, 9.17) is 22.9 Å². The van der Waals surface area contributed by atoms with Crippen LogP contribution >= 0.6 is 0 Å². The molecule has 7 heteroatoms. The van der Waals surface area contributed by atoms with Gasteiger partial charge in [0.05, 0.1) is 0 Å². The van der Waals surface area contributed by atoms with Gasteiger partial charge in [0.25, 0.3) is 0 Å². The first-order chi connectivity index (χ1) is 28.7. The molecular formula is C52H62N4O3. The van der Waals surface area contributed by atoms with Crippen molar-refractivity contribution in [3.05, 3.63) is 156 Å². The third-order valence-corrected chi connectivity index (χ3v) is 10.1. The van der Waals surface area contributed by atoms with Crippen LogP contribution in [0.3, 0.4) is 0 Å². The van der Waals surface area contributed by atoms with Gasteiger partial charge in [-0.15, -0.1) is 0 Å². The summed E-state index contributed by atoms with van der Waals surface area (Å²) in [7, 11) is 0. The highest BCUT2D eigenvalue weighted by Crippen LogP contribution is 2.48. The summed E-state index contributed by atoms with van der Waals surface area (Å²) in [5, 5.41) is 36.7. The second-order valence-corrected chi connectivity index (χ2v) is 13.1. The molecule has 11 N–H and O–H groups in total. The van der Waals surface area contributed by atoms with Crippen molar-refractivity contribution in [3.63, 3.8) is 0 Å². The van der Waals surface area contributed by atoms with Crippen LogP contribution in [-0.4, -0.2) is 15.3 Å². The molecule has 0 amide bonds. The molecule has 8 aromatic rings. The fourth-order valence-electron chi connectivity index (χ4n) is 7.35. The topological polar surface area (TPSA) is 165 Å². The van der Waals surface area contributed by atoms with Gasteiger partial charge in [0.1, 0.15) is 18.7 Å². The molecule has 8 aromatic carbocycles. The van der Waals surface area contributed by atoms with Crippen LogP contribution in [0.4, 0.5) is 0 Å². The van der Waals surface area contributed by atoms with Crippen molar-refractivity contribution in [2.45, 2.75) is 80.6 Å². The maximum atomic E-state index is 10.0. The minimum Gasteiger partial charge on any atom is -0.375 e. The Hall–Kier alpha value is -5.48. The molecule has 0 aliphatic carbocycles. The smallest absolute Gasteiger partial charge is 0.128 e. The zero-order valence-electron chi connectivity index (χ0n) is 35.8. The van der Waals surface area contributed by atoms with Crippen LogP contribution in [0.5, 0.6) is 0 Å². The SMILES string of the molecule is CC.CC.CC.CC.NCc1ccc(-c2cc(-c3ccc(C(N)O)cc3)c3ccc4c(-c5ccc(C(N)O)cc5)cc(-c5ccc(C(N)O)cc5)c5ccc2c3c54)cc1. The molecule has 0 saturated heterocycles. The Morgan fingerprint density at radius 1 is 0.356 bits per heavy atom. The lowest BCUT2D eigenvalue weighted by molar-refractivity contribution is 0.186. The number of aliphatic hydroxyl groups excluding tert-OH is 3. The summed E-state index contributed by atoms with van der Waals surface area (Å²) in [5.41, 5.74) is 34.6. The van der Waals surface area contributed by atoms with Gasteiger partial charge in [-0.3, -0.25) is 0 Å². The van der Waals surface area contributed by atoms with E-state index in [9.17, 15) is 15.3 Å². The Bertz CT molecular complexity index is 2440. The number of rotatable bonds is 8. The number of aliphatic hydroxyl groups is 3. The van der Waals surface area contributed by atoms with Crippen LogP contribution in [0.15, 0.2) is 133 Å². The zero-order chi connectivity index (χ0) is 43.4. The quantitative estimate of drug-likeness (QED) is 0.0594. The molecule has 3 atom stereocenters. The molecule has 8 rings (SSSR count). The minimum absolute atomic E-state index is 0.464.